The summed E-state index contributed by atoms with van der Waals surface area (Å²) in [6, 6.07) is 4.44. The van der Waals surface area contributed by atoms with Gasteiger partial charge in [0.05, 0.1) is 5.56 Å². The standard InChI is InChI=1S/C13H16FNO2/c1-8-7-15-5-4-10(8)9-2-3-12(14)11(6-9)13(16)17/h2-3,6,8,10,15H,4-5,7H2,1H3,(H,16,17)/t8-,10-/m0/s1. The van der Waals surface area contributed by atoms with Gasteiger partial charge < -0.3 is 10.4 Å². The number of hydrogen-bond donors (Lipinski definition) is 2. The molecular formula is C13H16FNO2. The first-order chi connectivity index (χ1) is 8.09. The van der Waals surface area contributed by atoms with Gasteiger partial charge in [-0.15, -0.1) is 0 Å². The Morgan fingerprint density at radius 1 is 1.53 bits per heavy atom. The van der Waals surface area contributed by atoms with Crippen LogP contribution in [0.25, 0.3) is 0 Å². The van der Waals surface area contributed by atoms with E-state index in [1.807, 2.05) is 0 Å². The fourth-order valence-corrected chi connectivity index (χ4v) is 2.45. The molecule has 0 spiro atoms. The van der Waals surface area contributed by atoms with Crippen LogP contribution in [0, 0.1) is 11.7 Å². The van der Waals surface area contributed by atoms with Crippen molar-refractivity contribution in [2.75, 3.05) is 13.1 Å². The molecule has 1 aliphatic rings. The number of carbonyl (C=O) groups is 1. The number of piperidine rings is 1. The lowest BCUT2D eigenvalue weighted by molar-refractivity contribution is 0.0691. The summed E-state index contributed by atoms with van der Waals surface area (Å²) in [5.41, 5.74) is 0.700. The normalized spacial score (nSPS) is 24.6. The number of carboxylic acids is 1. The minimum absolute atomic E-state index is 0.228. The zero-order valence-electron chi connectivity index (χ0n) is 9.74. The molecular weight excluding hydrogens is 221 g/mol. The number of benzene rings is 1. The lowest BCUT2D eigenvalue weighted by atomic mass is 9.82. The lowest BCUT2D eigenvalue weighted by Gasteiger charge is -2.30. The summed E-state index contributed by atoms with van der Waals surface area (Å²) >= 11 is 0. The van der Waals surface area contributed by atoms with E-state index < -0.39 is 11.8 Å². The van der Waals surface area contributed by atoms with Gasteiger partial charge in [0.25, 0.3) is 0 Å². The van der Waals surface area contributed by atoms with E-state index in [0.29, 0.717) is 11.8 Å². The predicted octanol–water partition coefficient (Wildman–Crippen LogP) is 2.24. The van der Waals surface area contributed by atoms with E-state index in [0.717, 1.165) is 25.1 Å². The highest BCUT2D eigenvalue weighted by atomic mass is 19.1. The summed E-state index contributed by atoms with van der Waals surface area (Å²) in [5, 5.41) is 12.2. The van der Waals surface area contributed by atoms with Gasteiger partial charge in [-0.3, -0.25) is 0 Å². The molecule has 1 aromatic rings. The van der Waals surface area contributed by atoms with Gasteiger partial charge in [-0.25, -0.2) is 9.18 Å². The monoisotopic (exact) mass is 237 g/mol. The van der Waals surface area contributed by atoms with Crippen LogP contribution in [0.15, 0.2) is 18.2 Å². The van der Waals surface area contributed by atoms with Gasteiger partial charge >= 0.3 is 5.97 Å². The fraction of sp³-hybridized carbons (Fsp3) is 0.462. The second-order valence-corrected chi connectivity index (χ2v) is 4.62. The Hall–Kier alpha value is -1.42. The van der Waals surface area contributed by atoms with Crippen molar-refractivity contribution < 1.29 is 14.3 Å². The summed E-state index contributed by atoms with van der Waals surface area (Å²) in [6.45, 7) is 3.97. The molecule has 0 radical (unpaired) electrons. The minimum Gasteiger partial charge on any atom is -0.478 e. The molecule has 17 heavy (non-hydrogen) atoms. The van der Waals surface area contributed by atoms with Crippen LogP contribution >= 0.6 is 0 Å². The maximum absolute atomic E-state index is 13.3. The number of rotatable bonds is 2. The van der Waals surface area contributed by atoms with Crippen LogP contribution in [0.3, 0.4) is 0 Å². The van der Waals surface area contributed by atoms with Gasteiger partial charge in [-0.2, -0.15) is 0 Å². The quantitative estimate of drug-likeness (QED) is 0.829. The van der Waals surface area contributed by atoms with Gasteiger partial charge in [0.1, 0.15) is 5.82 Å². The molecule has 2 N–H and O–H groups in total. The Morgan fingerprint density at radius 3 is 2.94 bits per heavy atom. The molecule has 0 aromatic heterocycles. The minimum atomic E-state index is -1.20. The summed E-state index contributed by atoms with van der Waals surface area (Å²) in [5.74, 6) is -1.11. The van der Waals surface area contributed by atoms with Crippen LogP contribution in [-0.2, 0) is 0 Å². The highest BCUT2D eigenvalue weighted by Crippen LogP contribution is 2.30. The van der Waals surface area contributed by atoms with Crippen molar-refractivity contribution in [1.82, 2.24) is 5.32 Å². The van der Waals surface area contributed by atoms with E-state index in [9.17, 15) is 9.18 Å². The summed E-state index contributed by atoms with van der Waals surface area (Å²) < 4.78 is 13.3. The second-order valence-electron chi connectivity index (χ2n) is 4.62. The summed E-state index contributed by atoms with van der Waals surface area (Å²) in [6.07, 6.45) is 0.964. The molecule has 0 unspecified atom stereocenters. The molecule has 2 rings (SSSR count). The second kappa shape index (κ2) is 4.84. The van der Waals surface area contributed by atoms with Gasteiger partial charge in [0.2, 0.25) is 0 Å². The van der Waals surface area contributed by atoms with Crippen molar-refractivity contribution in [2.45, 2.75) is 19.3 Å². The van der Waals surface area contributed by atoms with Crippen LogP contribution < -0.4 is 5.32 Å². The highest BCUT2D eigenvalue weighted by molar-refractivity contribution is 5.88. The van der Waals surface area contributed by atoms with Crippen molar-refractivity contribution in [3.05, 3.63) is 35.1 Å². The van der Waals surface area contributed by atoms with E-state index in [4.69, 9.17) is 5.11 Å². The van der Waals surface area contributed by atoms with Crippen LogP contribution in [-0.4, -0.2) is 24.2 Å². The molecule has 1 aliphatic heterocycles. The predicted molar refractivity (Wildman–Crippen MR) is 62.8 cm³/mol. The van der Waals surface area contributed by atoms with Crippen molar-refractivity contribution in [2.24, 2.45) is 5.92 Å². The molecule has 4 heteroatoms. The summed E-state index contributed by atoms with van der Waals surface area (Å²) in [7, 11) is 0. The first kappa shape index (κ1) is 12.0. The molecule has 0 saturated carbocycles. The third-order valence-corrected chi connectivity index (χ3v) is 3.43. The number of carboxylic acid groups (broad SMARTS) is 1. The number of hydrogen-bond acceptors (Lipinski definition) is 2. The van der Waals surface area contributed by atoms with Gasteiger partial charge in [0.15, 0.2) is 0 Å². The topological polar surface area (TPSA) is 49.3 Å². The first-order valence-electron chi connectivity index (χ1n) is 5.83. The fourth-order valence-electron chi connectivity index (χ4n) is 2.45. The highest BCUT2D eigenvalue weighted by Gasteiger charge is 2.24. The zero-order chi connectivity index (χ0) is 12.4. The average Bonchev–Trinajstić information content (AvgIpc) is 2.30. The third kappa shape index (κ3) is 2.47. The molecule has 3 nitrogen and oxygen atoms in total. The maximum atomic E-state index is 13.3. The molecule has 0 bridgehead atoms. The Bertz CT molecular complexity index is 433. The summed E-state index contributed by atoms with van der Waals surface area (Å²) in [4.78, 5) is 10.9. The van der Waals surface area contributed by atoms with Crippen molar-refractivity contribution in [1.29, 1.82) is 0 Å². The smallest absolute Gasteiger partial charge is 0.338 e. The first-order valence-corrected chi connectivity index (χ1v) is 5.83. The van der Waals surface area contributed by atoms with Crippen LogP contribution in [0.2, 0.25) is 0 Å². The van der Waals surface area contributed by atoms with Crippen LogP contribution in [0.5, 0.6) is 0 Å². The molecule has 2 atom stereocenters. The maximum Gasteiger partial charge on any atom is 0.338 e. The lowest BCUT2D eigenvalue weighted by Crippen LogP contribution is -2.33. The Kier molecular flexibility index (Phi) is 3.43. The zero-order valence-corrected chi connectivity index (χ0v) is 9.74. The van der Waals surface area contributed by atoms with E-state index >= 15 is 0 Å². The molecule has 0 aliphatic carbocycles. The number of aromatic carboxylic acids is 1. The van der Waals surface area contributed by atoms with E-state index in [1.165, 1.54) is 12.1 Å². The molecule has 1 aromatic carbocycles. The molecule has 1 heterocycles. The van der Waals surface area contributed by atoms with Crippen molar-refractivity contribution >= 4 is 5.97 Å². The average molecular weight is 237 g/mol. The Labute approximate surface area is 99.7 Å². The van der Waals surface area contributed by atoms with Gasteiger partial charge in [-0.1, -0.05) is 13.0 Å². The van der Waals surface area contributed by atoms with E-state index in [-0.39, 0.29) is 5.56 Å². The molecule has 0 amide bonds. The third-order valence-electron chi connectivity index (χ3n) is 3.43. The number of nitrogens with one attached hydrogen (secondary N) is 1. The van der Waals surface area contributed by atoms with Gasteiger partial charge in [0, 0.05) is 0 Å². The Balaban J connectivity index is 2.32. The van der Waals surface area contributed by atoms with Crippen LogP contribution in [0.4, 0.5) is 4.39 Å². The van der Waals surface area contributed by atoms with Gasteiger partial charge in [-0.05, 0) is 49.0 Å². The SMILES string of the molecule is C[C@H]1CNCC[C@@H]1c1ccc(F)c(C(=O)O)c1. The molecule has 92 valence electrons. The van der Waals surface area contributed by atoms with E-state index in [2.05, 4.69) is 12.2 Å². The number of halogens is 1. The Morgan fingerprint density at radius 2 is 2.29 bits per heavy atom. The molecule has 1 saturated heterocycles. The van der Waals surface area contributed by atoms with Crippen molar-refractivity contribution in [3.8, 4) is 0 Å². The van der Waals surface area contributed by atoms with E-state index in [1.54, 1.807) is 6.07 Å². The largest absolute Gasteiger partial charge is 0.478 e. The van der Waals surface area contributed by atoms with Crippen molar-refractivity contribution in [3.63, 3.8) is 0 Å². The molecule has 1 fully saturated rings. The van der Waals surface area contributed by atoms with Crippen LogP contribution in [0.1, 0.15) is 35.2 Å².